The van der Waals surface area contributed by atoms with E-state index in [9.17, 15) is 9.59 Å². The zero-order valence-corrected chi connectivity index (χ0v) is 12.8. The first-order chi connectivity index (χ1) is 10.5. The van der Waals surface area contributed by atoms with Crippen LogP contribution in [0.2, 0.25) is 0 Å². The van der Waals surface area contributed by atoms with Crippen LogP contribution in [0.25, 0.3) is 0 Å². The van der Waals surface area contributed by atoms with Gasteiger partial charge in [-0.2, -0.15) is 0 Å². The summed E-state index contributed by atoms with van der Waals surface area (Å²) in [6, 6.07) is 8.15. The SMILES string of the molecule is Cc1nccc(NC(=O)c2ccc(C(=O)NC(C)C)cc2)n1. The minimum Gasteiger partial charge on any atom is -0.350 e. The molecule has 0 aliphatic carbocycles. The molecule has 0 saturated carbocycles. The van der Waals surface area contributed by atoms with Gasteiger partial charge in [0.15, 0.2) is 0 Å². The van der Waals surface area contributed by atoms with E-state index in [0.29, 0.717) is 22.8 Å². The van der Waals surface area contributed by atoms with E-state index in [1.54, 1.807) is 43.5 Å². The van der Waals surface area contributed by atoms with Crippen molar-refractivity contribution >= 4 is 17.6 Å². The standard InChI is InChI=1S/C16H18N4O2/c1-10(2)18-15(21)12-4-6-13(7-5-12)16(22)20-14-8-9-17-11(3)19-14/h4-10H,1-3H3,(H,18,21)(H,17,19,20,22). The lowest BCUT2D eigenvalue weighted by atomic mass is 10.1. The van der Waals surface area contributed by atoms with Gasteiger partial charge in [0.05, 0.1) is 0 Å². The van der Waals surface area contributed by atoms with Gasteiger partial charge in [-0.15, -0.1) is 0 Å². The van der Waals surface area contributed by atoms with Crippen LogP contribution in [0.5, 0.6) is 0 Å². The van der Waals surface area contributed by atoms with Crippen molar-refractivity contribution in [3.63, 3.8) is 0 Å². The van der Waals surface area contributed by atoms with Crippen LogP contribution in [0.15, 0.2) is 36.5 Å². The molecule has 0 aliphatic heterocycles. The number of aryl methyl sites for hydroxylation is 1. The first-order valence-corrected chi connectivity index (χ1v) is 6.97. The second-order valence-electron chi connectivity index (χ2n) is 5.15. The summed E-state index contributed by atoms with van der Waals surface area (Å²) in [5, 5.41) is 5.49. The Kier molecular flexibility index (Phi) is 4.83. The molecule has 114 valence electrons. The van der Waals surface area contributed by atoms with Gasteiger partial charge in [0.1, 0.15) is 11.6 Å². The number of nitrogens with zero attached hydrogens (tertiary/aromatic N) is 2. The van der Waals surface area contributed by atoms with E-state index in [1.807, 2.05) is 13.8 Å². The summed E-state index contributed by atoms with van der Waals surface area (Å²) in [7, 11) is 0. The third-order valence-electron chi connectivity index (χ3n) is 2.85. The number of hydrogen-bond acceptors (Lipinski definition) is 4. The second kappa shape index (κ2) is 6.80. The van der Waals surface area contributed by atoms with E-state index in [0.717, 1.165) is 0 Å². The Morgan fingerprint density at radius 1 is 1.00 bits per heavy atom. The van der Waals surface area contributed by atoms with E-state index in [4.69, 9.17) is 0 Å². The van der Waals surface area contributed by atoms with Crippen molar-refractivity contribution in [1.29, 1.82) is 0 Å². The van der Waals surface area contributed by atoms with Crippen molar-refractivity contribution in [2.24, 2.45) is 0 Å². The third kappa shape index (κ3) is 4.12. The van der Waals surface area contributed by atoms with E-state index >= 15 is 0 Å². The van der Waals surface area contributed by atoms with Crippen molar-refractivity contribution < 1.29 is 9.59 Å². The molecule has 0 bridgehead atoms. The first-order valence-electron chi connectivity index (χ1n) is 6.97. The molecular formula is C16H18N4O2. The Morgan fingerprint density at radius 3 is 2.14 bits per heavy atom. The van der Waals surface area contributed by atoms with Crippen molar-refractivity contribution in [3.8, 4) is 0 Å². The molecule has 0 fully saturated rings. The number of carbonyl (C=O) groups is 2. The number of benzene rings is 1. The highest BCUT2D eigenvalue weighted by molar-refractivity contribution is 6.04. The van der Waals surface area contributed by atoms with Gasteiger partial charge in [-0.3, -0.25) is 9.59 Å². The van der Waals surface area contributed by atoms with Gasteiger partial charge < -0.3 is 10.6 Å². The molecule has 1 aromatic carbocycles. The summed E-state index contributed by atoms with van der Waals surface area (Å²) in [5.74, 6) is 0.583. The fourth-order valence-electron chi connectivity index (χ4n) is 1.83. The average Bonchev–Trinajstić information content (AvgIpc) is 2.46. The van der Waals surface area contributed by atoms with E-state index < -0.39 is 0 Å². The number of carbonyl (C=O) groups excluding carboxylic acids is 2. The molecule has 1 heterocycles. The van der Waals surface area contributed by atoms with Crippen LogP contribution in [0.3, 0.4) is 0 Å². The zero-order valence-electron chi connectivity index (χ0n) is 12.8. The van der Waals surface area contributed by atoms with Gasteiger partial charge in [-0.05, 0) is 51.1 Å². The summed E-state index contributed by atoms with van der Waals surface area (Å²) >= 11 is 0. The zero-order chi connectivity index (χ0) is 16.1. The van der Waals surface area contributed by atoms with Crippen LogP contribution in [-0.2, 0) is 0 Å². The summed E-state index contributed by atoms with van der Waals surface area (Å²) in [6.07, 6.45) is 1.58. The van der Waals surface area contributed by atoms with E-state index in [1.165, 1.54) is 0 Å². The highest BCUT2D eigenvalue weighted by Gasteiger charge is 2.10. The van der Waals surface area contributed by atoms with Gasteiger partial charge in [0, 0.05) is 23.4 Å². The minimum atomic E-state index is -0.283. The molecule has 0 saturated heterocycles. The molecule has 2 rings (SSSR count). The van der Waals surface area contributed by atoms with Crippen molar-refractivity contribution in [2.45, 2.75) is 26.8 Å². The Morgan fingerprint density at radius 2 is 1.59 bits per heavy atom. The van der Waals surface area contributed by atoms with Crippen LogP contribution in [0.1, 0.15) is 40.4 Å². The second-order valence-corrected chi connectivity index (χ2v) is 5.15. The topological polar surface area (TPSA) is 84.0 Å². The van der Waals surface area contributed by atoms with Gasteiger partial charge in [0.2, 0.25) is 0 Å². The lowest BCUT2D eigenvalue weighted by Gasteiger charge is -2.09. The molecule has 0 spiro atoms. The molecule has 0 radical (unpaired) electrons. The van der Waals surface area contributed by atoms with Crippen molar-refractivity contribution in [1.82, 2.24) is 15.3 Å². The predicted molar refractivity (Wildman–Crippen MR) is 83.8 cm³/mol. The number of anilines is 1. The summed E-state index contributed by atoms with van der Waals surface area (Å²) in [6.45, 7) is 5.53. The Balaban J connectivity index is 2.06. The molecule has 1 aromatic heterocycles. The van der Waals surface area contributed by atoms with Gasteiger partial charge in [0.25, 0.3) is 11.8 Å². The molecule has 0 atom stereocenters. The molecule has 6 heteroatoms. The summed E-state index contributed by atoms with van der Waals surface area (Å²) < 4.78 is 0. The van der Waals surface area contributed by atoms with E-state index in [-0.39, 0.29) is 17.9 Å². The lowest BCUT2D eigenvalue weighted by molar-refractivity contribution is 0.0941. The van der Waals surface area contributed by atoms with Gasteiger partial charge in [-0.25, -0.2) is 9.97 Å². The third-order valence-corrected chi connectivity index (χ3v) is 2.85. The largest absolute Gasteiger partial charge is 0.350 e. The maximum atomic E-state index is 12.1. The number of aromatic nitrogens is 2. The van der Waals surface area contributed by atoms with Gasteiger partial charge in [-0.1, -0.05) is 0 Å². The van der Waals surface area contributed by atoms with Gasteiger partial charge >= 0.3 is 0 Å². The first kappa shape index (κ1) is 15.6. The Bertz CT molecular complexity index is 681. The average molecular weight is 298 g/mol. The number of rotatable bonds is 4. The summed E-state index contributed by atoms with van der Waals surface area (Å²) in [4.78, 5) is 32.0. The molecular weight excluding hydrogens is 280 g/mol. The van der Waals surface area contributed by atoms with Crippen LogP contribution in [-0.4, -0.2) is 27.8 Å². The predicted octanol–water partition coefficient (Wildman–Crippen LogP) is 2.18. The minimum absolute atomic E-state index is 0.0662. The van der Waals surface area contributed by atoms with E-state index in [2.05, 4.69) is 20.6 Å². The molecule has 2 N–H and O–H groups in total. The highest BCUT2D eigenvalue weighted by Crippen LogP contribution is 2.08. The highest BCUT2D eigenvalue weighted by atomic mass is 16.2. The fourth-order valence-corrected chi connectivity index (χ4v) is 1.83. The maximum absolute atomic E-state index is 12.1. The van der Waals surface area contributed by atoms with Crippen molar-refractivity contribution in [3.05, 3.63) is 53.5 Å². The Labute approximate surface area is 129 Å². The molecule has 0 unspecified atom stereocenters. The number of hydrogen-bond donors (Lipinski definition) is 2. The number of amides is 2. The molecule has 2 amide bonds. The smallest absolute Gasteiger partial charge is 0.256 e. The van der Waals surface area contributed by atoms with Crippen LogP contribution in [0, 0.1) is 6.92 Å². The molecule has 22 heavy (non-hydrogen) atoms. The quantitative estimate of drug-likeness (QED) is 0.906. The summed E-state index contributed by atoms with van der Waals surface area (Å²) in [5.41, 5.74) is 0.973. The molecule has 0 aliphatic rings. The molecule has 2 aromatic rings. The Hall–Kier alpha value is -2.76. The van der Waals surface area contributed by atoms with Crippen LogP contribution in [0.4, 0.5) is 5.82 Å². The van der Waals surface area contributed by atoms with Crippen LogP contribution < -0.4 is 10.6 Å². The number of nitrogens with one attached hydrogen (secondary N) is 2. The lowest BCUT2D eigenvalue weighted by Crippen LogP contribution is -2.30. The molecule has 6 nitrogen and oxygen atoms in total. The maximum Gasteiger partial charge on any atom is 0.256 e. The van der Waals surface area contributed by atoms with Crippen molar-refractivity contribution in [2.75, 3.05) is 5.32 Å². The van der Waals surface area contributed by atoms with Crippen LogP contribution >= 0.6 is 0 Å². The monoisotopic (exact) mass is 298 g/mol. The fraction of sp³-hybridized carbons (Fsp3) is 0.250. The normalized spacial score (nSPS) is 10.4.